The molecule has 16 heavy (non-hydrogen) atoms. The molecule has 86 valence electrons. The molecule has 0 amide bonds. The van der Waals surface area contributed by atoms with Gasteiger partial charge in [0.05, 0.1) is 0 Å². The van der Waals surface area contributed by atoms with Crippen molar-refractivity contribution in [2.24, 2.45) is 5.41 Å². The van der Waals surface area contributed by atoms with Crippen LogP contribution in [0, 0.1) is 12.3 Å². The van der Waals surface area contributed by atoms with Crippen LogP contribution < -0.4 is 0 Å². The second kappa shape index (κ2) is 4.17. The number of carbonyl (C=O) groups excluding carboxylic acids is 1. The molecule has 0 atom stereocenters. The summed E-state index contributed by atoms with van der Waals surface area (Å²) in [5, 5.41) is 2.13. The van der Waals surface area contributed by atoms with Gasteiger partial charge in [0.1, 0.15) is 0 Å². The summed E-state index contributed by atoms with van der Waals surface area (Å²) in [6, 6.07) is 2.15. The Morgan fingerprint density at radius 2 is 2.12 bits per heavy atom. The molecule has 1 aromatic rings. The van der Waals surface area contributed by atoms with Crippen LogP contribution in [0.1, 0.15) is 37.1 Å². The molecule has 0 fully saturated rings. The van der Waals surface area contributed by atoms with Gasteiger partial charge >= 0.3 is 0 Å². The molecule has 0 radical (unpaired) electrons. The molecule has 2 heteroatoms. The molecule has 1 heterocycles. The lowest BCUT2D eigenvalue weighted by molar-refractivity contribution is -0.117. The van der Waals surface area contributed by atoms with E-state index in [-0.39, 0.29) is 5.41 Å². The van der Waals surface area contributed by atoms with E-state index in [1.807, 2.05) is 6.08 Å². The molecule has 1 aliphatic carbocycles. The third-order valence-corrected chi connectivity index (χ3v) is 4.10. The standard InChI is InChI=1S/C14H18OS/c1-10-4-5-16-13(10)7-11-6-12(15)9-14(2,3)8-11/h4-6H,7-9H2,1-3H3. The second-order valence-electron chi connectivity index (χ2n) is 5.49. The average Bonchev–Trinajstić information content (AvgIpc) is 2.48. The zero-order chi connectivity index (χ0) is 11.8. The molecule has 0 bridgehead atoms. The first-order chi connectivity index (χ1) is 7.46. The van der Waals surface area contributed by atoms with Crippen molar-refractivity contribution in [3.63, 3.8) is 0 Å². The summed E-state index contributed by atoms with van der Waals surface area (Å²) in [6.07, 6.45) is 4.57. The zero-order valence-corrected chi connectivity index (χ0v) is 11.0. The van der Waals surface area contributed by atoms with Gasteiger partial charge in [0.15, 0.2) is 5.78 Å². The third kappa shape index (κ3) is 2.62. The van der Waals surface area contributed by atoms with Crippen LogP contribution in [0.5, 0.6) is 0 Å². The molecular formula is C14H18OS. The third-order valence-electron chi connectivity index (χ3n) is 3.08. The van der Waals surface area contributed by atoms with E-state index in [2.05, 4.69) is 32.2 Å². The average molecular weight is 234 g/mol. The van der Waals surface area contributed by atoms with Gasteiger partial charge in [-0.15, -0.1) is 11.3 Å². The minimum atomic E-state index is 0.145. The highest BCUT2D eigenvalue weighted by Gasteiger charge is 2.27. The largest absolute Gasteiger partial charge is 0.295 e. The van der Waals surface area contributed by atoms with Crippen molar-refractivity contribution >= 4 is 17.1 Å². The van der Waals surface area contributed by atoms with Gasteiger partial charge in [0.25, 0.3) is 0 Å². The first-order valence-electron chi connectivity index (χ1n) is 5.71. The highest BCUT2D eigenvalue weighted by molar-refractivity contribution is 7.10. The molecule has 0 aromatic carbocycles. The fraction of sp³-hybridized carbons (Fsp3) is 0.500. The first-order valence-corrected chi connectivity index (χ1v) is 6.59. The second-order valence-corrected chi connectivity index (χ2v) is 6.49. The number of allylic oxidation sites excluding steroid dienone is 2. The van der Waals surface area contributed by atoms with Crippen LogP contribution in [0.2, 0.25) is 0 Å². The van der Waals surface area contributed by atoms with Crippen LogP contribution in [0.15, 0.2) is 23.1 Å². The molecule has 2 rings (SSSR count). The molecule has 1 aliphatic rings. The summed E-state index contributed by atoms with van der Waals surface area (Å²) in [5.74, 6) is 0.292. The predicted octanol–water partition coefficient (Wildman–Crippen LogP) is 3.91. The van der Waals surface area contributed by atoms with Crippen molar-refractivity contribution < 1.29 is 4.79 Å². The number of aryl methyl sites for hydroxylation is 1. The smallest absolute Gasteiger partial charge is 0.156 e. The van der Waals surface area contributed by atoms with Crippen molar-refractivity contribution in [1.82, 2.24) is 0 Å². The summed E-state index contributed by atoms with van der Waals surface area (Å²) in [7, 11) is 0. The zero-order valence-electron chi connectivity index (χ0n) is 10.2. The van der Waals surface area contributed by atoms with E-state index in [1.165, 1.54) is 16.0 Å². The van der Waals surface area contributed by atoms with Gasteiger partial charge in [-0.05, 0) is 41.8 Å². The summed E-state index contributed by atoms with van der Waals surface area (Å²) < 4.78 is 0. The Morgan fingerprint density at radius 1 is 1.38 bits per heavy atom. The molecule has 1 aromatic heterocycles. The van der Waals surface area contributed by atoms with Crippen molar-refractivity contribution in [2.45, 2.75) is 40.0 Å². The SMILES string of the molecule is Cc1ccsc1CC1=CC(=O)CC(C)(C)C1. The number of thiophene rings is 1. The highest BCUT2D eigenvalue weighted by Crippen LogP contribution is 2.35. The van der Waals surface area contributed by atoms with Gasteiger partial charge in [-0.2, -0.15) is 0 Å². The molecule has 0 unspecified atom stereocenters. The van der Waals surface area contributed by atoms with E-state index in [9.17, 15) is 4.79 Å². The Labute approximate surface area is 101 Å². The van der Waals surface area contributed by atoms with E-state index >= 15 is 0 Å². The highest BCUT2D eigenvalue weighted by atomic mass is 32.1. The van der Waals surface area contributed by atoms with E-state index < -0.39 is 0 Å². The van der Waals surface area contributed by atoms with Crippen molar-refractivity contribution in [3.8, 4) is 0 Å². The molecule has 0 spiro atoms. The Bertz CT molecular complexity index is 437. The number of ketones is 1. The van der Waals surface area contributed by atoms with Crippen LogP contribution in [0.3, 0.4) is 0 Å². The Hall–Kier alpha value is -0.890. The summed E-state index contributed by atoms with van der Waals surface area (Å²) in [4.78, 5) is 13.0. The molecule has 1 nitrogen and oxygen atoms in total. The normalized spacial score (nSPS) is 19.7. The molecule has 0 aliphatic heterocycles. The van der Waals surface area contributed by atoms with Gasteiger partial charge < -0.3 is 0 Å². The minimum absolute atomic E-state index is 0.145. The monoisotopic (exact) mass is 234 g/mol. The Morgan fingerprint density at radius 3 is 2.69 bits per heavy atom. The molecule has 0 saturated heterocycles. The van der Waals surface area contributed by atoms with Gasteiger partial charge in [-0.25, -0.2) is 0 Å². The van der Waals surface area contributed by atoms with Crippen LogP contribution >= 0.6 is 11.3 Å². The predicted molar refractivity (Wildman–Crippen MR) is 68.9 cm³/mol. The maximum Gasteiger partial charge on any atom is 0.156 e. The lowest BCUT2D eigenvalue weighted by Gasteiger charge is -2.28. The topological polar surface area (TPSA) is 17.1 Å². The Kier molecular flexibility index (Phi) is 3.02. The van der Waals surface area contributed by atoms with Crippen molar-refractivity contribution in [3.05, 3.63) is 33.5 Å². The van der Waals surface area contributed by atoms with E-state index in [0.29, 0.717) is 12.2 Å². The molecular weight excluding hydrogens is 216 g/mol. The van der Waals surface area contributed by atoms with Gasteiger partial charge in [-0.3, -0.25) is 4.79 Å². The van der Waals surface area contributed by atoms with Crippen LogP contribution in [-0.4, -0.2) is 5.78 Å². The Balaban J connectivity index is 2.17. The maximum atomic E-state index is 11.6. The fourth-order valence-electron chi connectivity index (χ4n) is 2.38. The lowest BCUT2D eigenvalue weighted by atomic mass is 9.76. The van der Waals surface area contributed by atoms with Crippen molar-refractivity contribution in [1.29, 1.82) is 0 Å². The van der Waals surface area contributed by atoms with E-state index in [1.54, 1.807) is 11.3 Å². The van der Waals surface area contributed by atoms with Crippen LogP contribution in [0.4, 0.5) is 0 Å². The summed E-state index contributed by atoms with van der Waals surface area (Å²) >= 11 is 1.79. The number of carbonyl (C=O) groups is 1. The van der Waals surface area contributed by atoms with Crippen molar-refractivity contribution in [2.75, 3.05) is 0 Å². The van der Waals surface area contributed by atoms with Crippen LogP contribution in [-0.2, 0) is 11.2 Å². The number of hydrogen-bond donors (Lipinski definition) is 0. The fourth-order valence-corrected chi connectivity index (χ4v) is 3.34. The minimum Gasteiger partial charge on any atom is -0.295 e. The van der Waals surface area contributed by atoms with Crippen LogP contribution in [0.25, 0.3) is 0 Å². The first kappa shape index (κ1) is 11.6. The van der Waals surface area contributed by atoms with Gasteiger partial charge in [0, 0.05) is 17.7 Å². The van der Waals surface area contributed by atoms with Gasteiger partial charge in [0.2, 0.25) is 0 Å². The van der Waals surface area contributed by atoms with E-state index in [0.717, 1.165) is 12.8 Å². The lowest BCUT2D eigenvalue weighted by Crippen LogP contribution is -2.22. The quantitative estimate of drug-likeness (QED) is 0.758. The molecule has 0 N–H and O–H groups in total. The molecule has 0 saturated carbocycles. The van der Waals surface area contributed by atoms with Gasteiger partial charge in [-0.1, -0.05) is 19.4 Å². The summed E-state index contributed by atoms with van der Waals surface area (Å²) in [5.41, 5.74) is 2.79. The number of hydrogen-bond acceptors (Lipinski definition) is 2. The maximum absolute atomic E-state index is 11.6. The van der Waals surface area contributed by atoms with E-state index in [4.69, 9.17) is 0 Å². The number of rotatable bonds is 2. The summed E-state index contributed by atoms with van der Waals surface area (Å²) in [6.45, 7) is 6.50.